The van der Waals surface area contributed by atoms with Crippen molar-refractivity contribution in [3.63, 3.8) is 0 Å². The summed E-state index contributed by atoms with van der Waals surface area (Å²) in [5, 5.41) is 1.00. The molecule has 1 aliphatic heterocycles. The third-order valence-corrected chi connectivity index (χ3v) is 3.66. The van der Waals surface area contributed by atoms with Gasteiger partial charge in [-0.2, -0.15) is 0 Å². The second-order valence-corrected chi connectivity index (χ2v) is 4.99. The number of ether oxygens (including phenoxy) is 1. The standard InChI is InChI=1S/C15H16F2N2O/c1-10-3-2-4-11-12(5-6-18-14(10)11)19-7-8-20-13(9-19)15(16)17/h2-6,13,15H,7-9H2,1H3. The molecule has 0 spiro atoms. The summed E-state index contributed by atoms with van der Waals surface area (Å²) in [4.78, 5) is 6.35. The molecule has 1 aromatic carbocycles. The summed E-state index contributed by atoms with van der Waals surface area (Å²) in [5.41, 5.74) is 2.96. The zero-order valence-corrected chi connectivity index (χ0v) is 11.2. The van der Waals surface area contributed by atoms with Gasteiger partial charge in [0.25, 0.3) is 6.43 Å². The fourth-order valence-corrected chi connectivity index (χ4v) is 2.63. The number of fused-ring (bicyclic) bond motifs is 1. The van der Waals surface area contributed by atoms with Crippen LogP contribution in [-0.4, -0.2) is 37.2 Å². The molecule has 20 heavy (non-hydrogen) atoms. The van der Waals surface area contributed by atoms with E-state index in [0.29, 0.717) is 13.2 Å². The molecule has 1 atom stereocenters. The monoisotopic (exact) mass is 278 g/mol. The van der Waals surface area contributed by atoms with E-state index in [2.05, 4.69) is 4.98 Å². The van der Waals surface area contributed by atoms with E-state index in [9.17, 15) is 8.78 Å². The molecule has 0 amide bonds. The van der Waals surface area contributed by atoms with Gasteiger partial charge < -0.3 is 9.64 Å². The lowest BCUT2D eigenvalue weighted by atomic mass is 10.1. The topological polar surface area (TPSA) is 25.4 Å². The van der Waals surface area contributed by atoms with Crippen LogP contribution in [0.5, 0.6) is 0 Å². The highest BCUT2D eigenvalue weighted by molar-refractivity contribution is 5.93. The van der Waals surface area contributed by atoms with Crippen molar-refractivity contribution in [1.29, 1.82) is 0 Å². The van der Waals surface area contributed by atoms with Crippen LogP contribution >= 0.6 is 0 Å². The van der Waals surface area contributed by atoms with Gasteiger partial charge in [0.05, 0.1) is 12.1 Å². The van der Waals surface area contributed by atoms with Crippen LogP contribution in [0.25, 0.3) is 10.9 Å². The van der Waals surface area contributed by atoms with Crippen molar-refractivity contribution in [2.75, 3.05) is 24.6 Å². The highest BCUT2D eigenvalue weighted by atomic mass is 19.3. The molecule has 1 saturated heterocycles. The Morgan fingerprint density at radius 3 is 3.00 bits per heavy atom. The molecule has 2 heterocycles. The molecule has 3 nitrogen and oxygen atoms in total. The summed E-state index contributed by atoms with van der Waals surface area (Å²) in [6.07, 6.45) is -1.73. The molecule has 5 heteroatoms. The summed E-state index contributed by atoms with van der Waals surface area (Å²) >= 11 is 0. The fourth-order valence-electron chi connectivity index (χ4n) is 2.63. The molecule has 0 saturated carbocycles. The van der Waals surface area contributed by atoms with Crippen LogP contribution in [0, 0.1) is 6.92 Å². The van der Waals surface area contributed by atoms with Crippen LogP contribution in [-0.2, 0) is 4.74 Å². The molecule has 0 bridgehead atoms. The molecule has 0 N–H and O–H groups in total. The normalized spacial score (nSPS) is 19.8. The van der Waals surface area contributed by atoms with Crippen molar-refractivity contribution >= 4 is 16.6 Å². The number of alkyl halides is 2. The predicted molar refractivity (Wildman–Crippen MR) is 74.4 cm³/mol. The predicted octanol–water partition coefficient (Wildman–Crippen LogP) is 3.01. The number of hydrogen-bond acceptors (Lipinski definition) is 3. The Kier molecular flexibility index (Phi) is 3.53. The third kappa shape index (κ3) is 2.33. The van der Waals surface area contributed by atoms with Crippen LogP contribution in [0.15, 0.2) is 30.5 Å². The van der Waals surface area contributed by atoms with Gasteiger partial charge in [-0.3, -0.25) is 4.98 Å². The Balaban J connectivity index is 2.00. The Morgan fingerprint density at radius 2 is 2.20 bits per heavy atom. The van der Waals surface area contributed by atoms with Gasteiger partial charge in [0.1, 0.15) is 6.10 Å². The summed E-state index contributed by atoms with van der Waals surface area (Å²) < 4.78 is 30.8. The largest absolute Gasteiger partial charge is 0.369 e. The first kappa shape index (κ1) is 13.2. The summed E-state index contributed by atoms with van der Waals surface area (Å²) in [6, 6.07) is 7.83. The zero-order chi connectivity index (χ0) is 14.1. The van der Waals surface area contributed by atoms with E-state index in [1.165, 1.54) is 0 Å². The number of nitrogens with zero attached hydrogens (tertiary/aromatic N) is 2. The molecule has 106 valence electrons. The summed E-state index contributed by atoms with van der Waals surface area (Å²) in [5.74, 6) is 0. The van der Waals surface area contributed by atoms with E-state index < -0.39 is 12.5 Å². The molecule has 3 rings (SSSR count). The Morgan fingerprint density at radius 1 is 1.35 bits per heavy atom. The Bertz CT molecular complexity index is 618. The molecular formula is C15H16F2N2O. The van der Waals surface area contributed by atoms with Crippen LogP contribution in [0.1, 0.15) is 5.56 Å². The van der Waals surface area contributed by atoms with E-state index in [1.54, 1.807) is 6.20 Å². The SMILES string of the molecule is Cc1cccc2c(N3CCOC(C(F)F)C3)ccnc12. The van der Waals surface area contributed by atoms with Gasteiger partial charge in [-0.15, -0.1) is 0 Å². The van der Waals surface area contributed by atoms with Gasteiger partial charge in [-0.1, -0.05) is 18.2 Å². The second kappa shape index (κ2) is 5.32. The van der Waals surface area contributed by atoms with Gasteiger partial charge in [0.15, 0.2) is 0 Å². The molecule has 1 fully saturated rings. The lowest BCUT2D eigenvalue weighted by Crippen LogP contribution is -2.45. The molecule has 2 aromatic rings. The van der Waals surface area contributed by atoms with E-state index in [4.69, 9.17) is 4.74 Å². The first-order chi connectivity index (χ1) is 9.66. The molecule has 1 unspecified atom stereocenters. The van der Waals surface area contributed by atoms with Crippen molar-refractivity contribution in [3.05, 3.63) is 36.0 Å². The fraction of sp³-hybridized carbons (Fsp3) is 0.400. The van der Waals surface area contributed by atoms with Crippen molar-refractivity contribution in [1.82, 2.24) is 4.98 Å². The smallest absolute Gasteiger partial charge is 0.266 e. The number of halogens is 2. The van der Waals surface area contributed by atoms with Gasteiger partial charge in [-0.25, -0.2) is 8.78 Å². The van der Waals surface area contributed by atoms with Crippen LogP contribution in [0.4, 0.5) is 14.5 Å². The van der Waals surface area contributed by atoms with Crippen LogP contribution in [0.2, 0.25) is 0 Å². The maximum Gasteiger partial charge on any atom is 0.266 e. The lowest BCUT2D eigenvalue weighted by molar-refractivity contribution is -0.0613. The minimum absolute atomic E-state index is 0.213. The van der Waals surface area contributed by atoms with Gasteiger partial charge >= 0.3 is 0 Å². The zero-order valence-electron chi connectivity index (χ0n) is 11.2. The molecule has 0 radical (unpaired) electrons. The Labute approximate surface area is 116 Å². The minimum atomic E-state index is -2.45. The van der Waals surface area contributed by atoms with Crippen molar-refractivity contribution in [2.45, 2.75) is 19.5 Å². The number of para-hydroxylation sites is 1. The van der Waals surface area contributed by atoms with E-state index in [0.717, 1.165) is 22.2 Å². The summed E-state index contributed by atoms with van der Waals surface area (Å²) in [7, 11) is 0. The van der Waals surface area contributed by atoms with Gasteiger partial charge in [-0.05, 0) is 18.6 Å². The Hall–Kier alpha value is -1.75. The van der Waals surface area contributed by atoms with E-state index in [-0.39, 0.29) is 6.54 Å². The quantitative estimate of drug-likeness (QED) is 0.844. The average molecular weight is 278 g/mol. The molecule has 0 aliphatic carbocycles. The van der Waals surface area contributed by atoms with Crippen molar-refractivity contribution in [3.8, 4) is 0 Å². The number of pyridine rings is 1. The maximum atomic E-state index is 12.8. The van der Waals surface area contributed by atoms with Crippen LogP contribution < -0.4 is 4.90 Å². The lowest BCUT2D eigenvalue weighted by Gasteiger charge is -2.34. The number of hydrogen-bond donors (Lipinski definition) is 0. The number of benzene rings is 1. The van der Waals surface area contributed by atoms with Gasteiger partial charge in [0, 0.05) is 30.4 Å². The molecule has 1 aliphatic rings. The van der Waals surface area contributed by atoms with E-state index >= 15 is 0 Å². The maximum absolute atomic E-state index is 12.8. The third-order valence-electron chi connectivity index (χ3n) is 3.66. The highest BCUT2D eigenvalue weighted by Gasteiger charge is 2.28. The highest BCUT2D eigenvalue weighted by Crippen LogP contribution is 2.29. The number of aryl methyl sites for hydroxylation is 1. The molecule has 1 aromatic heterocycles. The average Bonchev–Trinajstić information content (AvgIpc) is 2.47. The minimum Gasteiger partial charge on any atom is -0.369 e. The van der Waals surface area contributed by atoms with Crippen molar-refractivity contribution in [2.24, 2.45) is 0 Å². The van der Waals surface area contributed by atoms with E-state index in [1.807, 2.05) is 36.1 Å². The molecular weight excluding hydrogens is 262 g/mol. The van der Waals surface area contributed by atoms with Gasteiger partial charge in [0.2, 0.25) is 0 Å². The van der Waals surface area contributed by atoms with Crippen molar-refractivity contribution < 1.29 is 13.5 Å². The second-order valence-electron chi connectivity index (χ2n) is 4.99. The number of rotatable bonds is 2. The van der Waals surface area contributed by atoms with Crippen LogP contribution in [0.3, 0.4) is 0 Å². The summed E-state index contributed by atoms with van der Waals surface area (Å²) in [6.45, 7) is 3.16. The first-order valence-corrected chi connectivity index (χ1v) is 6.66. The number of morpholine rings is 1. The number of anilines is 1. The number of aromatic nitrogens is 1. The first-order valence-electron chi connectivity index (χ1n) is 6.66.